The predicted molar refractivity (Wildman–Crippen MR) is 84.0 cm³/mol. The minimum atomic E-state index is -0.120. The van der Waals surface area contributed by atoms with Crippen molar-refractivity contribution in [2.24, 2.45) is 0 Å². The molecule has 1 aromatic rings. The Bertz CT molecular complexity index is 575. The van der Waals surface area contributed by atoms with Gasteiger partial charge in [0.25, 0.3) is 5.91 Å². The summed E-state index contributed by atoms with van der Waals surface area (Å²) in [5.74, 6) is 0.0116. The van der Waals surface area contributed by atoms with E-state index in [1.54, 1.807) is 0 Å². The third kappa shape index (κ3) is 2.65. The van der Waals surface area contributed by atoms with E-state index in [-0.39, 0.29) is 17.6 Å². The van der Waals surface area contributed by atoms with Crippen LogP contribution in [-0.2, 0) is 10.3 Å². The zero-order chi connectivity index (χ0) is 16.1. The highest BCUT2D eigenvalue weighted by atomic mass is 16.5. The van der Waals surface area contributed by atoms with Gasteiger partial charge in [-0.25, -0.2) is 0 Å². The molecule has 0 unspecified atom stereocenters. The molecular formula is C16H26N4O2. The number of fused-ring (bicyclic) bond motifs is 1. The van der Waals surface area contributed by atoms with E-state index in [1.165, 1.54) is 0 Å². The first-order chi connectivity index (χ1) is 10.3. The molecule has 1 amide bonds. The van der Waals surface area contributed by atoms with Crippen molar-refractivity contribution >= 4 is 5.91 Å². The number of hydrogen-bond acceptors (Lipinski definition) is 4. The van der Waals surface area contributed by atoms with Crippen molar-refractivity contribution < 1.29 is 9.53 Å². The van der Waals surface area contributed by atoms with E-state index in [1.807, 2.05) is 22.6 Å². The molecule has 2 atom stereocenters. The number of ether oxygens (including phenoxy) is 1. The first kappa shape index (κ1) is 15.5. The van der Waals surface area contributed by atoms with Gasteiger partial charge in [-0.3, -0.25) is 14.4 Å². The molecule has 0 bridgehead atoms. The molecule has 2 aliphatic rings. The summed E-state index contributed by atoms with van der Waals surface area (Å²) in [6.07, 6.45) is 0.133. The van der Waals surface area contributed by atoms with Crippen LogP contribution in [-0.4, -0.2) is 70.9 Å². The molecular weight excluding hydrogens is 280 g/mol. The molecule has 0 aliphatic carbocycles. The van der Waals surface area contributed by atoms with E-state index >= 15 is 0 Å². The summed E-state index contributed by atoms with van der Waals surface area (Å²) in [5, 5.41) is 4.53. The second-order valence-corrected chi connectivity index (χ2v) is 7.42. The molecule has 22 heavy (non-hydrogen) atoms. The van der Waals surface area contributed by atoms with Crippen molar-refractivity contribution in [1.29, 1.82) is 0 Å². The summed E-state index contributed by atoms with van der Waals surface area (Å²) in [6, 6.07) is 2.20. The van der Waals surface area contributed by atoms with Gasteiger partial charge in [-0.15, -0.1) is 0 Å². The van der Waals surface area contributed by atoms with E-state index in [4.69, 9.17) is 4.74 Å². The van der Waals surface area contributed by atoms with Crippen molar-refractivity contribution in [3.05, 3.63) is 17.5 Å². The number of likely N-dealkylation sites (tertiary alicyclic amines) is 1. The molecule has 2 aliphatic heterocycles. The average Bonchev–Trinajstić information content (AvgIpc) is 3.01. The van der Waals surface area contributed by atoms with E-state index in [9.17, 15) is 4.79 Å². The van der Waals surface area contributed by atoms with Crippen molar-refractivity contribution in [1.82, 2.24) is 19.6 Å². The maximum absolute atomic E-state index is 12.8. The number of aryl methyl sites for hydroxylation is 1. The molecule has 3 heterocycles. The Balaban J connectivity index is 1.78. The molecule has 1 aromatic heterocycles. The number of nitrogens with zero attached hydrogens (tertiary/aromatic N) is 4. The highest BCUT2D eigenvalue weighted by molar-refractivity contribution is 5.92. The summed E-state index contributed by atoms with van der Waals surface area (Å²) in [5.41, 5.74) is 1.43. The zero-order valence-corrected chi connectivity index (χ0v) is 14.2. The molecule has 2 fully saturated rings. The van der Waals surface area contributed by atoms with Crippen molar-refractivity contribution in [3.8, 4) is 0 Å². The number of amides is 1. The monoisotopic (exact) mass is 306 g/mol. The van der Waals surface area contributed by atoms with E-state index in [2.05, 4.69) is 37.8 Å². The Morgan fingerprint density at radius 3 is 2.68 bits per heavy atom. The lowest BCUT2D eigenvalue weighted by molar-refractivity contribution is -0.0368. The van der Waals surface area contributed by atoms with Crippen LogP contribution >= 0.6 is 0 Å². The summed E-state index contributed by atoms with van der Waals surface area (Å²) in [4.78, 5) is 16.9. The Kier molecular flexibility index (Phi) is 3.77. The van der Waals surface area contributed by atoms with Crippen LogP contribution in [0.1, 0.15) is 37.0 Å². The van der Waals surface area contributed by atoms with Gasteiger partial charge in [-0.05, 0) is 40.8 Å². The normalized spacial score (nSPS) is 26.3. The van der Waals surface area contributed by atoms with Crippen LogP contribution in [0, 0.1) is 6.92 Å². The quantitative estimate of drug-likeness (QED) is 0.780. The van der Waals surface area contributed by atoms with E-state index < -0.39 is 0 Å². The van der Waals surface area contributed by atoms with Crippen LogP contribution in [0.25, 0.3) is 0 Å². The lowest BCUT2D eigenvalue weighted by Gasteiger charge is -2.33. The molecule has 6 nitrogen and oxygen atoms in total. The first-order valence-electron chi connectivity index (χ1n) is 7.95. The molecule has 0 N–H and O–H groups in total. The van der Waals surface area contributed by atoms with Gasteiger partial charge in [0, 0.05) is 25.3 Å². The molecule has 0 radical (unpaired) electrons. The smallest absolute Gasteiger partial charge is 0.274 e. The van der Waals surface area contributed by atoms with Gasteiger partial charge >= 0.3 is 0 Å². The van der Waals surface area contributed by atoms with Crippen LogP contribution in [0.5, 0.6) is 0 Å². The van der Waals surface area contributed by atoms with Crippen LogP contribution in [0.2, 0.25) is 0 Å². The Hall–Kier alpha value is -1.40. The van der Waals surface area contributed by atoms with Gasteiger partial charge in [-0.2, -0.15) is 5.10 Å². The number of hydrogen-bond donors (Lipinski definition) is 0. The second kappa shape index (κ2) is 5.35. The molecule has 3 rings (SSSR count). The second-order valence-electron chi connectivity index (χ2n) is 7.42. The molecule has 0 aromatic carbocycles. The van der Waals surface area contributed by atoms with Crippen molar-refractivity contribution in [2.45, 2.75) is 45.4 Å². The lowest BCUT2D eigenvalue weighted by atomic mass is 10.1. The summed E-state index contributed by atoms with van der Waals surface area (Å²) >= 11 is 0. The SMILES string of the molecule is Cc1cc(C(=O)N2C[C@H]3OCCN(C)[C@H]3C2)nn1C(C)(C)C. The van der Waals surface area contributed by atoms with E-state index in [0.29, 0.717) is 18.3 Å². The Morgan fingerprint density at radius 1 is 1.36 bits per heavy atom. The number of carbonyl (C=O) groups is 1. The third-order valence-corrected chi connectivity index (χ3v) is 4.61. The van der Waals surface area contributed by atoms with Gasteiger partial charge in [0.2, 0.25) is 0 Å². The Morgan fingerprint density at radius 2 is 2.09 bits per heavy atom. The van der Waals surface area contributed by atoms with Gasteiger partial charge in [0.1, 0.15) is 0 Å². The van der Waals surface area contributed by atoms with E-state index in [0.717, 1.165) is 25.4 Å². The minimum Gasteiger partial charge on any atom is -0.373 e. The fourth-order valence-electron chi connectivity index (χ4n) is 3.44. The third-order valence-electron chi connectivity index (χ3n) is 4.61. The standard InChI is InChI=1S/C16H26N4O2/c1-11-8-12(17-20(11)16(2,3)4)15(21)19-9-13-14(10-19)22-7-6-18(13)5/h8,13-14H,6-7,9-10H2,1-5H3/t13-,14+/m0/s1. The number of rotatable bonds is 1. The highest BCUT2D eigenvalue weighted by Crippen LogP contribution is 2.24. The summed E-state index contributed by atoms with van der Waals surface area (Å²) < 4.78 is 7.73. The van der Waals surface area contributed by atoms with Gasteiger partial charge < -0.3 is 9.64 Å². The predicted octanol–water partition coefficient (Wildman–Crippen LogP) is 1.10. The van der Waals surface area contributed by atoms with Gasteiger partial charge in [0.15, 0.2) is 5.69 Å². The minimum absolute atomic E-state index is 0.0116. The van der Waals surface area contributed by atoms with Crippen LogP contribution in [0.15, 0.2) is 6.07 Å². The number of morpholine rings is 1. The van der Waals surface area contributed by atoms with Crippen LogP contribution < -0.4 is 0 Å². The Labute approximate surface area is 132 Å². The number of aromatic nitrogens is 2. The molecule has 122 valence electrons. The molecule has 6 heteroatoms. The lowest BCUT2D eigenvalue weighted by Crippen LogP contribution is -2.48. The fourth-order valence-corrected chi connectivity index (χ4v) is 3.44. The average molecular weight is 306 g/mol. The van der Waals surface area contributed by atoms with Gasteiger partial charge in [0.05, 0.1) is 24.3 Å². The largest absolute Gasteiger partial charge is 0.373 e. The van der Waals surface area contributed by atoms with Crippen molar-refractivity contribution in [2.75, 3.05) is 33.3 Å². The number of likely N-dealkylation sites (N-methyl/N-ethyl adjacent to an activating group) is 1. The van der Waals surface area contributed by atoms with Crippen molar-refractivity contribution in [3.63, 3.8) is 0 Å². The fraction of sp³-hybridized carbons (Fsp3) is 0.750. The molecule has 0 spiro atoms. The highest BCUT2D eigenvalue weighted by Gasteiger charge is 2.41. The summed E-state index contributed by atoms with van der Waals surface area (Å²) in [7, 11) is 2.10. The topological polar surface area (TPSA) is 50.6 Å². The first-order valence-corrected chi connectivity index (χ1v) is 7.95. The molecule has 0 saturated carbocycles. The summed E-state index contributed by atoms with van der Waals surface area (Å²) in [6.45, 7) is 11.3. The maximum atomic E-state index is 12.8. The van der Waals surface area contributed by atoms with Crippen LogP contribution in [0.3, 0.4) is 0 Å². The van der Waals surface area contributed by atoms with Crippen LogP contribution in [0.4, 0.5) is 0 Å². The maximum Gasteiger partial charge on any atom is 0.274 e. The molecule has 2 saturated heterocycles. The number of carbonyl (C=O) groups excluding carboxylic acids is 1. The zero-order valence-electron chi connectivity index (χ0n) is 14.2. The van der Waals surface area contributed by atoms with Gasteiger partial charge in [-0.1, -0.05) is 0 Å².